The number of carbonyl (C=O) groups excluding carboxylic acids is 1. The van der Waals surface area contributed by atoms with Gasteiger partial charge in [0.2, 0.25) is 0 Å². The van der Waals surface area contributed by atoms with Gasteiger partial charge < -0.3 is 4.79 Å². The van der Waals surface area contributed by atoms with Crippen molar-refractivity contribution in [2.24, 2.45) is 5.41 Å². The molecular weight excluding hydrogens is 172 g/mol. The minimum Gasteiger partial charge on any atom is -0.303 e. The first-order chi connectivity index (χ1) is 6.62. The Morgan fingerprint density at radius 2 is 2.14 bits per heavy atom. The number of rotatable bonds is 3. The number of benzene rings is 1. The second kappa shape index (κ2) is 3.23. The van der Waals surface area contributed by atoms with Crippen molar-refractivity contribution in [3.8, 4) is 0 Å². The van der Waals surface area contributed by atoms with Gasteiger partial charge in [-0.1, -0.05) is 38.1 Å². The van der Waals surface area contributed by atoms with E-state index >= 15 is 0 Å². The zero-order valence-electron chi connectivity index (χ0n) is 8.79. The summed E-state index contributed by atoms with van der Waals surface area (Å²) in [6.07, 6.45) is 3.20. The summed E-state index contributed by atoms with van der Waals surface area (Å²) >= 11 is 0. The summed E-state index contributed by atoms with van der Waals surface area (Å²) in [7, 11) is 0. The lowest BCUT2D eigenvalue weighted by molar-refractivity contribution is -0.115. The Hall–Kier alpha value is -1.11. The average Bonchev–Trinajstić information content (AvgIpc) is 2.15. The highest BCUT2D eigenvalue weighted by molar-refractivity contribution is 5.58. The van der Waals surface area contributed by atoms with E-state index < -0.39 is 0 Å². The highest BCUT2D eigenvalue weighted by Gasteiger charge is 2.31. The van der Waals surface area contributed by atoms with E-state index in [-0.39, 0.29) is 5.41 Å². The number of carbonyl (C=O) groups is 1. The van der Waals surface area contributed by atoms with E-state index in [4.69, 9.17) is 0 Å². The molecule has 14 heavy (non-hydrogen) atoms. The summed E-state index contributed by atoms with van der Waals surface area (Å²) in [5, 5.41) is 0. The van der Waals surface area contributed by atoms with Crippen LogP contribution in [-0.4, -0.2) is 6.29 Å². The molecule has 0 amide bonds. The van der Waals surface area contributed by atoms with Gasteiger partial charge in [0.1, 0.15) is 6.29 Å². The van der Waals surface area contributed by atoms with Crippen LogP contribution in [0.15, 0.2) is 24.3 Å². The van der Waals surface area contributed by atoms with Crippen LogP contribution >= 0.6 is 0 Å². The molecule has 1 heteroatoms. The molecule has 0 N–H and O–H groups in total. The quantitative estimate of drug-likeness (QED) is 0.666. The lowest BCUT2D eigenvalue weighted by atomic mass is 9.70. The van der Waals surface area contributed by atoms with Gasteiger partial charge in [0, 0.05) is 5.41 Å². The Labute approximate surface area is 85.1 Å². The van der Waals surface area contributed by atoms with Crippen molar-refractivity contribution >= 4 is 6.29 Å². The highest BCUT2D eigenvalue weighted by atomic mass is 16.1. The number of fused-ring (bicyclic) bond motifs is 1. The third kappa shape index (κ3) is 1.59. The largest absolute Gasteiger partial charge is 0.303 e. The van der Waals surface area contributed by atoms with Crippen LogP contribution in [0.2, 0.25) is 0 Å². The molecule has 0 spiro atoms. The average molecular weight is 188 g/mol. The van der Waals surface area contributed by atoms with Crippen molar-refractivity contribution in [2.75, 3.05) is 0 Å². The van der Waals surface area contributed by atoms with E-state index in [2.05, 4.69) is 24.3 Å². The first kappa shape index (κ1) is 9.45. The van der Waals surface area contributed by atoms with Crippen molar-refractivity contribution in [3.63, 3.8) is 0 Å². The van der Waals surface area contributed by atoms with Gasteiger partial charge in [-0.05, 0) is 29.9 Å². The van der Waals surface area contributed by atoms with Gasteiger partial charge in [-0.3, -0.25) is 0 Å². The summed E-state index contributed by atoms with van der Waals surface area (Å²) < 4.78 is 0. The molecule has 2 rings (SSSR count). The molecule has 1 aliphatic rings. The van der Waals surface area contributed by atoms with E-state index in [1.54, 1.807) is 0 Å². The molecule has 0 saturated heterocycles. The van der Waals surface area contributed by atoms with Crippen LogP contribution in [0.3, 0.4) is 0 Å². The molecule has 74 valence electrons. The maximum Gasteiger partial charge on any atom is 0.125 e. The molecule has 0 aromatic heterocycles. The monoisotopic (exact) mass is 188 g/mol. The summed E-state index contributed by atoms with van der Waals surface area (Å²) in [5.74, 6) is 0.603. The van der Waals surface area contributed by atoms with Crippen molar-refractivity contribution in [3.05, 3.63) is 35.4 Å². The number of hydrogen-bond acceptors (Lipinski definition) is 1. The Kier molecular flexibility index (Phi) is 2.18. The van der Waals surface area contributed by atoms with E-state index in [0.717, 1.165) is 19.1 Å². The second-order valence-electron chi connectivity index (χ2n) is 4.91. The molecule has 0 bridgehead atoms. The first-order valence-electron chi connectivity index (χ1n) is 5.16. The third-order valence-corrected chi connectivity index (χ3v) is 3.05. The fourth-order valence-electron chi connectivity index (χ4n) is 2.23. The van der Waals surface area contributed by atoms with E-state index in [1.807, 2.05) is 13.8 Å². The third-order valence-electron chi connectivity index (χ3n) is 3.05. The van der Waals surface area contributed by atoms with E-state index in [0.29, 0.717) is 5.92 Å². The lowest BCUT2D eigenvalue weighted by Crippen LogP contribution is -2.24. The molecule has 1 atom stereocenters. The van der Waals surface area contributed by atoms with E-state index in [1.165, 1.54) is 11.1 Å². The summed E-state index contributed by atoms with van der Waals surface area (Å²) in [6, 6.07) is 8.53. The second-order valence-corrected chi connectivity index (χ2v) is 4.91. The Morgan fingerprint density at radius 1 is 1.43 bits per heavy atom. The van der Waals surface area contributed by atoms with E-state index in [9.17, 15) is 4.79 Å². The fourth-order valence-corrected chi connectivity index (χ4v) is 2.23. The number of hydrogen-bond donors (Lipinski definition) is 0. The molecule has 1 nitrogen and oxygen atoms in total. The smallest absolute Gasteiger partial charge is 0.125 e. The predicted molar refractivity (Wildman–Crippen MR) is 57.3 cm³/mol. The van der Waals surface area contributed by atoms with Crippen LogP contribution in [0, 0.1) is 5.41 Å². The van der Waals surface area contributed by atoms with Gasteiger partial charge in [0.15, 0.2) is 0 Å². The van der Waals surface area contributed by atoms with Crippen LogP contribution in [0.25, 0.3) is 0 Å². The van der Waals surface area contributed by atoms with Crippen molar-refractivity contribution in [2.45, 2.75) is 32.6 Å². The molecule has 0 saturated carbocycles. The van der Waals surface area contributed by atoms with Gasteiger partial charge in [0.05, 0.1) is 0 Å². The molecule has 1 aromatic carbocycles. The molecule has 0 radical (unpaired) electrons. The maximum atomic E-state index is 10.8. The summed E-state index contributed by atoms with van der Waals surface area (Å²) in [4.78, 5) is 10.8. The first-order valence-corrected chi connectivity index (χ1v) is 5.16. The molecule has 1 aliphatic carbocycles. The fraction of sp³-hybridized carbons (Fsp3) is 0.462. The van der Waals surface area contributed by atoms with Gasteiger partial charge >= 0.3 is 0 Å². The summed E-state index contributed by atoms with van der Waals surface area (Å²) in [5.41, 5.74) is 2.74. The van der Waals surface area contributed by atoms with Crippen LogP contribution in [0.4, 0.5) is 0 Å². The predicted octanol–water partition coefficient (Wildman–Crippen LogP) is 2.94. The minimum absolute atomic E-state index is 0.168. The maximum absolute atomic E-state index is 10.8. The SMILES string of the molecule is CC(C)(C=O)CC1Cc2ccccc21. The standard InChI is InChI=1S/C13H16O/c1-13(2,9-14)8-11-7-10-5-3-4-6-12(10)11/h3-6,9,11H,7-8H2,1-2H3. The van der Waals surface area contributed by atoms with Crippen LogP contribution in [0.5, 0.6) is 0 Å². The highest BCUT2D eigenvalue weighted by Crippen LogP contribution is 2.41. The Balaban J connectivity index is 2.09. The Morgan fingerprint density at radius 3 is 2.79 bits per heavy atom. The van der Waals surface area contributed by atoms with Crippen molar-refractivity contribution < 1.29 is 4.79 Å². The van der Waals surface area contributed by atoms with Crippen LogP contribution < -0.4 is 0 Å². The van der Waals surface area contributed by atoms with Gasteiger partial charge in [-0.25, -0.2) is 0 Å². The topological polar surface area (TPSA) is 17.1 Å². The zero-order chi connectivity index (χ0) is 10.2. The molecule has 0 heterocycles. The van der Waals surface area contributed by atoms with Crippen molar-refractivity contribution in [1.82, 2.24) is 0 Å². The lowest BCUT2D eigenvalue weighted by Gasteiger charge is -2.34. The van der Waals surface area contributed by atoms with Crippen LogP contribution in [0.1, 0.15) is 37.3 Å². The van der Waals surface area contributed by atoms with Gasteiger partial charge in [-0.15, -0.1) is 0 Å². The normalized spacial score (nSPS) is 19.7. The van der Waals surface area contributed by atoms with Crippen molar-refractivity contribution in [1.29, 1.82) is 0 Å². The van der Waals surface area contributed by atoms with Crippen LogP contribution in [-0.2, 0) is 11.2 Å². The zero-order valence-corrected chi connectivity index (χ0v) is 8.79. The van der Waals surface area contributed by atoms with Gasteiger partial charge in [0.25, 0.3) is 0 Å². The molecule has 0 fully saturated rings. The molecule has 1 unspecified atom stereocenters. The number of aldehydes is 1. The minimum atomic E-state index is -0.168. The van der Waals surface area contributed by atoms with Gasteiger partial charge in [-0.2, -0.15) is 0 Å². The molecule has 1 aromatic rings. The Bertz CT molecular complexity index is 352. The molecule has 0 aliphatic heterocycles. The summed E-state index contributed by atoms with van der Waals surface area (Å²) in [6.45, 7) is 4.03. The molecular formula is C13H16O.